The molecule has 4 rings (SSSR count). The number of sulfonamides is 1. The van der Waals surface area contributed by atoms with Crippen molar-refractivity contribution in [3.8, 4) is 0 Å². The van der Waals surface area contributed by atoms with E-state index in [0.717, 1.165) is 32.1 Å². The van der Waals surface area contributed by atoms with Gasteiger partial charge in [-0.05, 0) is 56.2 Å². The highest BCUT2D eigenvalue weighted by Crippen LogP contribution is 2.38. The van der Waals surface area contributed by atoms with Crippen LogP contribution in [0.25, 0.3) is 0 Å². The van der Waals surface area contributed by atoms with Gasteiger partial charge in [0.2, 0.25) is 15.9 Å². The van der Waals surface area contributed by atoms with Crippen LogP contribution in [0.15, 0.2) is 27.6 Å². The molecule has 2 heterocycles. The minimum atomic E-state index is -3.62. The second-order valence-corrected chi connectivity index (χ2v) is 10.8. The van der Waals surface area contributed by atoms with E-state index < -0.39 is 16.1 Å². The first kappa shape index (κ1) is 22.0. The number of amides is 1. The highest BCUT2D eigenvalue weighted by atomic mass is 32.2. The van der Waals surface area contributed by atoms with E-state index in [1.54, 1.807) is 19.1 Å². The zero-order valence-electron chi connectivity index (χ0n) is 18.3. The van der Waals surface area contributed by atoms with Crippen molar-refractivity contribution in [3.63, 3.8) is 0 Å². The summed E-state index contributed by atoms with van der Waals surface area (Å²) in [4.78, 5) is 17.8. The predicted octanol–water partition coefficient (Wildman–Crippen LogP) is 3.56. The van der Waals surface area contributed by atoms with Gasteiger partial charge in [-0.15, -0.1) is 0 Å². The number of piperidine rings is 1. The van der Waals surface area contributed by atoms with E-state index in [1.165, 1.54) is 10.4 Å². The van der Waals surface area contributed by atoms with Crippen molar-refractivity contribution in [1.29, 1.82) is 0 Å². The molecule has 168 valence electrons. The van der Waals surface area contributed by atoms with Crippen molar-refractivity contribution in [1.82, 2.24) is 19.8 Å². The Morgan fingerprint density at radius 2 is 1.90 bits per heavy atom. The summed E-state index contributed by atoms with van der Waals surface area (Å²) in [6.07, 6.45) is 4.90. The summed E-state index contributed by atoms with van der Waals surface area (Å²) in [5.74, 6) is 1.12. The zero-order valence-corrected chi connectivity index (χ0v) is 19.1. The number of hydrogen-bond acceptors (Lipinski definition) is 6. The molecule has 9 heteroatoms. The molecule has 0 radical (unpaired) electrons. The first-order valence-electron chi connectivity index (χ1n) is 11.0. The predicted molar refractivity (Wildman–Crippen MR) is 115 cm³/mol. The normalized spacial score (nSPS) is 18.8. The third-order valence-corrected chi connectivity index (χ3v) is 7.92. The van der Waals surface area contributed by atoms with Crippen LogP contribution < -0.4 is 5.32 Å². The van der Waals surface area contributed by atoms with Gasteiger partial charge in [0.25, 0.3) is 5.91 Å². The third-order valence-electron chi connectivity index (χ3n) is 6.03. The van der Waals surface area contributed by atoms with Gasteiger partial charge in [-0.1, -0.05) is 31.5 Å². The summed E-state index contributed by atoms with van der Waals surface area (Å²) < 4.78 is 33.1. The molecule has 1 unspecified atom stereocenters. The summed E-state index contributed by atoms with van der Waals surface area (Å²) in [7, 11) is -3.62. The van der Waals surface area contributed by atoms with Gasteiger partial charge >= 0.3 is 0 Å². The summed E-state index contributed by atoms with van der Waals surface area (Å²) in [5.41, 5.74) is 1.05. The Morgan fingerprint density at radius 1 is 1.19 bits per heavy atom. The van der Waals surface area contributed by atoms with Crippen LogP contribution in [-0.4, -0.2) is 41.9 Å². The smallest absolute Gasteiger partial charge is 0.252 e. The number of carbonyl (C=O) groups excluding carboxylic acids is 1. The molecule has 31 heavy (non-hydrogen) atoms. The molecule has 1 saturated carbocycles. The number of benzene rings is 1. The van der Waals surface area contributed by atoms with Gasteiger partial charge < -0.3 is 9.84 Å². The summed E-state index contributed by atoms with van der Waals surface area (Å²) in [6, 6.07) is 4.30. The summed E-state index contributed by atoms with van der Waals surface area (Å²) >= 11 is 0. The Morgan fingerprint density at radius 3 is 2.55 bits per heavy atom. The maximum atomic E-state index is 13.2. The van der Waals surface area contributed by atoms with Crippen molar-refractivity contribution >= 4 is 15.9 Å². The van der Waals surface area contributed by atoms with Gasteiger partial charge in [0.05, 0.1) is 4.90 Å². The Hall–Kier alpha value is -2.26. The molecule has 1 aliphatic carbocycles. The van der Waals surface area contributed by atoms with Crippen LogP contribution in [0, 0.1) is 12.8 Å². The lowest BCUT2D eigenvalue weighted by atomic mass is 10.0. The lowest BCUT2D eigenvalue weighted by Crippen LogP contribution is -2.36. The Kier molecular flexibility index (Phi) is 6.16. The van der Waals surface area contributed by atoms with Crippen LogP contribution in [-0.2, 0) is 10.0 Å². The lowest BCUT2D eigenvalue weighted by Gasteiger charge is -2.26. The zero-order chi connectivity index (χ0) is 22.2. The van der Waals surface area contributed by atoms with Crippen molar-refractivity contribution in [2.24, 2.45) is 5.92 Å². The van der Waals surface area contributed by atoms with Gasteiger partial charge in [-0.25, -0.2) is 8.42 Å². The number of carbonyl (C=O) groups is 1. The second-order valence-electron chi connectivity index (χ2n) is 8.90. The average Bonchev–Trinajstić information content (AvgIpc) is 3.49. The average molecular weight is 447 g/mol. The van der Waals surface area contributed by atoms with Crippen LogP contribution >= 0.6 is 0 Å². The highest BCUT2D eigenvalue weighted by molar-refractivity contribution is 7.89. The van der Waals surface area contributed by atoms with E-state index in [1.807, 2.05) is 13.8 Å². The van der Waals surface area contributed by atoms with Gasteiger partial charge in [0, 0.05) is 24.6 Å². The summed E-state index contributed by atoms with van der Waals surface area (Å²) in [5, 5.41) is 7.03. The van der Waals surface area contributed by atoms with E-state index in [-0.39, 0.29) is 16.7 Å². The third kappa shape index (κ3) is 4.67. The maximum Gasteiger partial charge on any atom is 0.252 e. The molecule has 1 aromatic heterocycles. The second kappa shape index (κ2) is 8.70. The minimum absolute atomic E-state index is 0.0250. The molecule has 1 aromatic carbocycles. The molecule has 2 fully saturated rings. The van der Waals surface area contributed by atoms with Gasteiger partial charge in [0.15, 0.2) is 5.82 Å². The first-order valence-corrected chi connectivity index (χ1v) is 12.5. The van der Waals surface area contributed by atoms with Crippen LogP contribution in [0.4, 0.5) is 0 Å². The fourth-order valence-electron chi connectivity index (χ4n) is 3.87. The molecule has 1 N–H and O–H groups in total. The number of rotatable bonds is 7. The van der Waals surface area contributed by atoms with Crippen LogP contribution in [0.5, 0.6) is 0 Å². The Bertz CT molecular complexity index is 1050. The fourth-order valence-corrected chi connectivity index (χ4v) is 5.42. The van der Waals surface area contributed by atoms with Gasteiger partial charge in [0.1, 0.15) is 6.04 Å². The van der Waals surface area contributed by atoms with Crippen LogP contribution in [0.2, 0.25) is 0 Å². The van der Waals surface area contributed by atoms with Crippen molar-refractivity contribution in [2.75, 3.05) is 13.1 Å². The molecule has 1 atom stereocenters. The Labute approximate surface area is 183 Å². The monoisotopic (exact) mass is 446 g/mol. The number of nitrogens with one attached hydrogen (secondary N) is 1. The molecule has 0 spiro atoms. The van der Waals surface area contributed by atoms with Crippen molar-refractivity contribution < 1.29 is 17.7 Å². The molecule has 2 aromatic rings. The summed E-state index contributed by atoms with van der Waals surface area (Å²) in [6.45, 7) is 6.78. The van der Waals surface area contributed by atoms with E-state index in [2.05, 4.69) is 15.5 Å². The molecule has 1 saturated heterocycles. The standard InChI is InChI=1S/C22H30N4O4S/c1-14(2)19(22-24-20(25-30-22)16-8-9-16)23-21(27)18-13-17(10-7-15(18)3)31(28,29)26-11-5-4-6-12-26/h7,10,13-14,16,19H,4-6,8-9,11-12H2,1-3H3,(H,23,27). The van der Waals surface area contributed by atoms with E-state index in [9.17, 15) is 13.2 Å². The van der Waals surface area contributed by atoms with Gasteiger partial charge in [-0.2, -0.15) is 9.29 Å². The number of nitrogens with zero attached hydrogens (tertiary/aromatic N) is 3. The Balaban J connectivity index is 1.57. The number of aryl methyl sites for hydroxylation is 1. The van der Waals surface area contributed by atoms with Crippen LogP contribution in [0.1, 0.15) is 85.5 Å². The first-order chi connectivity index (χ1) is 14.8. The number of hydrogen-bond donors (Lipinski definition) is 1. The maximum absolute atomic E-state index is 13.2. The molecule has 1 amide bonds. The van der Waals surface area contributed by atoms with E-state index in [0.29, 0.717) is 41.8 Å². The minimum Gasteiger partial charge on any atom is -0.340 e. The molecule has 2 aliphatic rings. The van der Waals surface area contributed by atoms with Gasteiger partial charge in [-0.3, -0.25) is 4.79 Å². The van der Waals surface area contributed by atoms with E-state index >= 15 is 0 Å². The fraction of sp³-hybridized carbons (Fsp3) is 0.591. The SMILES string of the molecule is Cc1ccc(S(=O)(=O)N2CCCCC2)cc1C(=O)NC(c1nc(C2CC2)no1)C(C)C. The molecule has 0 bridgehead atoms. The van der Waals surface area contributed by atoms with E-state index in [4.69, 9.17) is 4.52 Å². The molecule has 8 nitrogen and oxygen atoms in total. The van der Waals surface area contributed by atoms with Crippen molar-refractivity contribution in [3.05, 3.63) is 41.0 Å². The molecular weight excluding hydrogens is 416 g/mol. The quantitative estimate of drug-likeness (QED) is 0.697. The van der Waals surface area contributed by atoms with Crippen molar-refractivity contribution in [2.45, 2.75) is 69.7 Å². The molecular formula is C22H30N4O4S. The topological polar surface area (TPSA) is 105 Å². The molecule has 1 aliphatic heterocycles. The lowest BCUT2D eigenvalue weighted by molar-refractivity contribution is 0.0913. The van der Waals surface area contributed by atoms with Crippen LogP contribution in [0.3, 0.4) is 0 Å². The number of aromatic nitrogens is 2. The largest absolute Gasteiger partial charge is 0.340 e. The highest BCUT2D eigenvalue weighted by Gasteiger charge is 2.32.